The summed E-state index contributed by atoms with van der Waals surface area (Å²) >= 11 is 3.50. The molecule has 0 aromatic heterocycles. The van der Waals surface area contributed by atoms with Crippen LogP contribution in [0.5, 0.6) is 0 Å². The predicted octanol–water partition coefficient (Wildman–Crippen LogP) is 5.07. The van der Waals surface area contributed by atoms with Crippen molar-refractivity contribution in [3.05, 3.63) is 33.8 Å². The summed E-state index contributed by atoms with van der Waals surface area (Å²) in [4.78, 5) is 12.8. The number of hydrogen-bond acceptors (Lipinski definition) is 2. The third kappa shape index (κ3) is 3.24. The lowest BCUT2D eigenvalue weighted by atomic mass is 9.74. The second-order valence-electron chi connectivity index (χ2n) is 6.61. The van der Waals surface area contributed by atoms with E-state index in [-0.39, 0.29) is 11.5 Å². The van der Waals surface area contributed by atoms with Crippen molar-refractivity contribution in [3.63, 3.8) is 0 Å². The van der Waals surface area contributed by atoms with E-state index in [0.29, 0.717) is 5.78 Å². The lowest BCUT2D eigenvalue weighted by Crippen LogP contribution is -2.43. The van der Waals surface area contributed by atoms with Crippen LogP contribution in [-0.4, -0.2) is 18.0 Å². The van der Waals surface area contributed by atoms with E-state index in [4.69, 9.17) is 4.74 Å². The van der Waals surface area contributed by atoms with Crippen LogP contribution in [0.4, 0.5) is 0 Å². The highest BCUT2D eigenvalue weighted by atomic mass is 79.9. The van der Waals surface area contributed by atoms with Gasteiger partial charge in [-0.25, -0.2) is 0 Å². The number of halogens is 1. The Morgan fingerprint density at radius 1 is 1.29 bits per heavy atom. The second kappa shape index (κ2) is 6.21. The molecule has 114 valence electrons. The minimum atomic E-state index is 0.00123. The molecule has 0 N–H and O–H groups in total. The van der Waals surface area contributed by atoms with Crippen LogP contribution in [0.25, 0.3) is 0 Å². The summed E-state index contributed by atoms with van der Waals surface area (Å²) < 4.78 is 7.17. The smallest absolute Gasteiger partial charge is 0.166 e. The van der Waals surface area contributed by atoms with Gasteiger partial charge in [0.15, 0.2) is 5.78 Å². The molecule has 1 aliphatic carbocycles. The van der Waals surface area contributed by atoms with Gasteiger partial charge in [-0.3, -0.25) is 4.79 Å². The van der Waals surface area contributed by atoms with Gasteiger partial charge >= 0.3 is 0 Å². The van der Waals surface area contributed by atoms with Crippen LogP contribution in [0, 0.1) is 12.8 Å². The van der Waals surface area contributed by atoms with Crippen molar-refractivity contribution in [1.82, 2.24) is 0 Å². The molecule has 1 saturated heterocycles. The maximum absolute atomic E-state index is 12.8. The number of hydrogen-bond donors (Lipinski definition) is 0. The third-order valence-electron chi connectivity index (χ3n) is 5.07. The molecular formula is C18H23BrO2. The summed E-state index contributed by atoms with van der Waals surface area (Å²) in [7, 11) is 0. The Bertz CT molecular complexity index is 527. The first-order valence-electron chi connectivity index (χ1n) is 8.04. The van der Waals surface area contributed by atoms with Crippen molar-refractivity contribution in [1.29, 1.82) is 0 Å². The Kier molecular flexibility index (Phi) is 4.51. The summed E-state index contributed by atoms with van der Waals surface area (Å²) in [5.74, 6) is 0.441. The number of ether oxygens (including phenoxy) is 1. The molecule has 21 heavy (non-hydrogen) atoms. The summed E-state index contributed by atoms with van der Waals surface area (Å²) in [6.07, 6.45) is 7.87. The van der Waals surface area contributed by atoms with Crippen molar-refractivity contribution in [2.75, 3.05) is 6.61 Å². The van der Waals surface area contributed by atoms with Crippen molar-refractivity contribution in [2.45, 2.75) is 57.5 Å². The van der Waals surface area contributed by atoms with Crippen molar-refractivity contribution >= 4 is 21.7 Å². The zero-order valence-electron chi connectivity index (χ0n) is 12.7. The Hall–Kier alpha value is -0.670. The van der Waals surface area contributed by atoms with Gasteiger partial charge in [0, 0.05) is 22.6 Å². The highest BCUT2D eigenvalue weighted by Crippen LogP contribution is 2.41. The normalized spacial score (nSPS) is 25.0. The van der Waals surface area contributed by atoms with E-state index in [0.717, 1.165) is 47.9 Å². The number of ketones is 1. The van der Waals surface area contributed by atoms with Gasteiger partial charge in [-0.05, 0) is 50.3 Å². The van der Waals surface area contributed by atoms with E-state index in [9.17, 15) is 4.79 Å². The number of Topliss-reactive ketones (excluding diaryl/α,β-unsaturated/α-hetero) is 1. The van der Waals surface area contributed by atoms with E-state index in [2.05, 4.69) is 15.9 Å². The Labute approximate surface area is 135 Å². The minimum absolute atomic E-state index is 0.00123. The van der Waals surface area contributed by atoms with Gasteiger partial charge in [0.25, 0.3) is 0 Å². The SMILES string of the molecule is Cc1cc(C(=O)C2CCOC3(CCCCC3)C2)ccc1Br. The average molecular weight is 351 g/mol. The third-order valence-corrected chi connectivity index (χ3v) is 5.96. The van der Waals surface area contributed by atoms with E-state index in [1.54, 1.807) is 0 Å². The number of carbonyl (C=O) groups is 1. The summed E-state index contributed by atoms with van der Waals surface area (Å²) in [5, 5.41) is 0. The highest BCUT2D eigenvalue weighted by molar-refractivity contribution is 9.10. The van der Waals surface area contributed by atoms with Crippen LogP contribution in [0.3, 0.4) is 0 Å². The zero-order chi connectivity index (χ0) is 14.9. The van der Waals surface area contributed by atoms with E-state index < -0.39 is 0 Å². The molecule has 1 aliphatic heterocycles. The first-order valence-corrected chi connectivity index (χ1v) is 8.83. The molecule has 1 heterocycles. The van der Waals surface area contributed by atoms with Crippen molar-refractivity contribution < 1.29 is 9.53 Å². The van der Waals surface area contributed by atoms with Crippen LogP contribution in [0.15, 0.2) is 22.7 Å². The molecule has 0 bridgehead atoms. The quantitative estimate of drug-likeness (QED) is 0.696. The van der Waals surface area contributed by atoms with Gasteiger partial charge in [0.1, 0.15) is 0 Å². The summed E-state index contributed by atoms with van der Waals surface area (Å²) in [6, 6.07) is 5.94. The van der Waals surface area contributed by atoms with Crippen LogP contribution < -0.4 is 0 Å². The number of benzene rings is 1. The molecule has 3 heteroatoms. The molecule has 1 saturated carbocycles. The summed E-state index contributed by atoms with van der Waals surface area (Å²) in [5.41, 5.74) is 1.98. The van der Waals surface area contributed by atoms with Crippen LogP contribution in [-0.2, 0) is 4.74 Å². The molecule has 1 unspecified atom stereocenters. The predicted molar refractivity (Wildman–Crippen MR) is 87.7 cm³/mol. The van der Waals surface area contributed by atoms with Gasteiger partial charge in [-0.1, -0.05) is 41.3 Å². The molecule has 0 radical (unpaired) electrons. The number of aryl methyl sites for hydroxylation is 1. The molecule has 0 amide bonds. The van der Waals surface area contributed by atoms with Crippen molar-refractivity contribution in [2.24, 2.45) is 5.92 Å². The molecule has 2 nitrogen and oxygen atoms in total. The highest BCUT2D eigenvalue weighted by Gasteiger charge is 2.40. The molecule has 3 rings (SSSR count). The maximum Gasteiger partial charge on any atom is 0.166 e. The molecule has 1 aromatic rings. The Balaban J connectivity index is 1.76. The lowest BCUT2D eigenvalue weighted by Gasteiger charge is -2.43. The molecular weight excluding hydrogens is 328 g/mol. The molecule has 1 atom stereocenters. The molecule has 1 aromatic carbocycles. The van der Waals surface area contributed by atoms with Crippen LogP contribution in [0.1, 0.15) is 60.9 Å². The Morgan fingerprint density at radius 3 is 2.76 bits per heavy atom. The monoisotopic (exact) mass is 350 g/mol. The van der Waals surface area contributed by atoms with Crippen LogP contribution >= 0.6 is 15.9 Å². The van der Waals surface area contributed by atoms with Crippen LogP contribution in [0.2, 0.25) is 0 Å². The largest absolute Gasteiger partial charge is 0.375 e. The van der Waals surface area contributed by atoms with Gasteiger partial charge in [0.05, 0.1) is 5.60 Å². The zero-order valence-corrected chi connectivity index (χ0v) is 14.2. The first kappa shape index (κ1) is 15.2. The second-order valence-corrected chi connectivity index (χ2v) is 7.46. The van der Waals surface area contributed by atoms with Gasteiger partial charge < -0.3 is 4.74 Å². The first-order chi connectivity index (χ1) is 10.1. The fourth-order valence-corrected chi connectivity index (χ4v) is 4.08. The standard InChI is InChI=1S/C18H23BrO2/c1-13-11-14(5-6-16(13)19)17(20)15-7-10-21-18(12-15)8-3-2-4-9-18/h5-6,11,15H,2-4,7-10,12H2,1H3. The summed E-state index contributed by atoms with van der Waals surface area (Å²) in [6.45, 7) is 2.78. The van der Waals surface area contributed by atoms with Gasteiger partial charge in [-0.2, -0.15) is 0 Å². The van der Waals surface area contributed by atoms with Gasteiger partial charge in [0.2, 0.25) is 0 Å². The van der Waals surface area contributed by atoms with Gasteiger partial charge in [-0.15, -0.1) is 0 Å². The number of carbonyl (C=O) groups excluding carboxylic acids is 1. The topological polar surface area (TPSA) is 26.3 Å². The molecule has 1 spiro atoms. The maximum atomic E-state index is 12.8. The lowest BCUT2D eigenvalue weighted by molar-refractivity contribution is -0.111. The average Bonchev–Trinajstić information content (AvgIpc) is 2.50. The van der Waals surface area contributed by atoms with E-state index in [1.165, 1.54) is 19.3 Å². The van der Waals surface area contributed by atoms with Crippen molar-refractivity contribution in [3.8, 4) is 0 Å². The van der Waals surface area contributed by atoms with E-state index in [1.807, 2.05) is 25.1 Å². The molecule has 2 fully saturated rings. The fraction of sp³-hybridized carbons (Fsp3) is 0.611. The Morgan fingerprint density at radius 2 is 2.05 bits per heavy atom. The van der Waals surface area contributed by atoms with E-state index >= 15 is 0 Å². The number of rotatable bonds is 2. The fourth-order valence-electron chi connectivity index (χ4n) is 3.83. The minimum Gasteiger partial charge on any atom is -0.375 e. The molecule has 2 aliphatic rings.